The molecule has 0 aromatic rings. The second kappa shape index (κ2) is 32.3. The Morgan fingerprint density at radius 2 is 0.700 bits per heavy atom. The molecule has 0 atom stereocenters. The van der Waals surface area contributed by atoms with Gasteiger partial charge in [-0.15, -0.1) is 0 Å². The summed E-state index contributed by atoms with van der Waals surface area (Å²) in [5.41, 5.74) is 0. The number of aliphatic hydroxyl groups excluding tert-OH is 2. The second-order valence-electron chi connectivity index (χ2n) is 4.98. The van der Waals surface area contributed by atoms with Gasteiger partial charge >= 0.3 is 0 Å². The summed E-state index contributed by atoms with van der Waals surface area (Å²) in [7, 11) is 0. The van der Waals surface area contributed by atoms with Crippen LogP contribution in [0.4, 0.5) is 0 Å². The van der Waals surface area contributed by atoms with Gasteiger partial charge in [-0.1, -0.05) is 78.1 Å². The molecule has 0 radical (unpaired) electrons. The van der Waals surface area contributed by atoms with Crippen molar-refractivity contribution in [3.05, 3.63) is 0 Å². The van der Waals surface area contributed by atoms with Gasteiger partial charge in [0.05, 0.1) is 0 Å². The maximum atomic E-state index is 8.42. The van der Waals surface area contributed by atoms with E-state index >= 15 is 0 Å². The summed E-state index contributed by atoms with van der Waals surface area (Å²) in [6, 6.07) is 0. The largest absolute Gasteiger partial charge is 0.396 e. The summed E-state index contributed by atoms with van der Waals surface area (Å²) >= 11 is 0. The molecule has 120 valence electrons. The first kappa shape index (κ1) is 29.4. The van der Waals surface area contributed by atoms with Crippen LogP contribution < -0.4 is 0 Å². The Morgan fingerprint density at radius 3 is 0.950 bits per heavy atom. The van der Waals surface area contributed by atoms with Gasteiger partial charge in [0.15, 0.2) is 0 Å². The van der Waals surface area contributed by atoms with Crippen LogP contribution in [0, 0.1) is 0 Å². The molecule has 0 aliphatic heterocycles. The minimum Gasteiger partial charge on any atom is -0.396 e. The summed E-state index contributed by atoms with van der Waals surface area (Å²) in [5, 5.41) is 16.8. The smallest absolute Gasteiger partial charge is 0.0431 e. The van der Waals surface area contributed by atoms with Gasteiger partial charge in [0.2, 0.25) is 0 Å². The Hall–Kier alpha value is 1.35. The van der Waals surface area contributed by atoms with E-state index in [4.69, 9.17) is 10.2 Å². The van der Waals surface area contributed by atoms with Crippen molar-refractivity contribution in [2.75, 3.05) is 13.2 Å². The van der Waals surface area contributed by atoms with E-state index in [2.05, 4.69) is 13.8 Å². The van der Waals surface area contributed by atoms with E-state index in [1.54, 1.807) is 0 Å². The molecular weight excluding hydrogens is 320 g/mol. The van der Waals surface area contributed by atoms with E-state index in [0.717, 1.165) is 12.8 Å². The zero-order valence-corrected chi connectivity index (χ0v) is 16.9. The molecule has 0 aromatic heterocycles. The van der Waals surface area contributed by atoms with Crippen molar-refractivity contribution >= 4 is 0 Å². The van der Waals surface area contributed by atoms with Gasteiger partial charge < -0.3 is 10.2 Å². The minimum atomic E-state index is 0. The first-order chi connectivity index (χ1) is 8.83. The monoisotopic (exact) mass is 356 g/mol. The van der Waals surface area contributed by atoms with Gasteiger partial charge in [-0.25, -0.2) is 0 Å². The average molecular weight is 356 g/mol. The maximum Gasteiger partial charge on any atom is 0.0431 e. The number of unbranched alkanes of at least 4 members (excludes halogenated alkanes) is 10. The fourth-order valence-corrected chi connectivity index (χ4v) is 1.78. The molecular formula is C16H36O2Ti2. The van der Waals surface area contributed by atoms with Gasteiger partial charge in [0.1, 0.15) is 0 Å². The molecule has 0 spiro atoms. The topological polar surface area (TPSA) is 40.5 Å². The van der Waals surface area contributed by atoms with E-state index in [0.29, 0.717) is 13.2 Å². The average Bonchev–Trinajstić information content (AvgIpc) is 2.39. The third-order valence-electron chi connectivity index (χ3n) is 3.02. The SMILES string of the molecule is CCCCCCCCO.CCCCCCCCO.[Ti].[Ti]. The van der Waals surface area contributed by atoms with E-state index in [1.165, 1.54) is 64.2 Å². The van der Waals surface area contributed by atoms with Crippen LogP contribution in [0.1, 0.15) is 90.9 Å². The summed E-state index contributed by atoms with van der Waals surface area (Å²) in [5.74, 6) is 0. The molecule has 4 heteroatoms. The van der Waals surface area contributed by atoms with Gasteiger partial charge in [-0.05, 0) is 12.8 Å². The van der Waals surface area contributed by atoms with Crippen LogP contribution >= 0.6 is 0 Å². The number of aliphatic hydroxyl groups is 2. The van der Waals surface area contributed by atoms with Crippen molar-refractivity contribution in [3.8, 4) is 0 Å². The quantitative estimate of drug-likeness (QED) is 0.394. The Morgan fingerprint density at radius 1 is 0.450 bits per heavy atom. The first-order valence-corrected chi connectivity index (χ1v) is 8.05. The van der Waals surface area contributed by atoms with E-state index in [9.17, 15) is 0 Å². The maximum absolute atomic E-state index is 8.42. The van der Waals surface area contributed by atoms with E-state index in [-0.39, 0.29) is 43.4 Å². The Bertz CT molecular complexity index is 99.0. The molecule has 0 unspecified atom stereocenters. The normalized spacial score (nSPS) is 9.00. The molecule has 0 aliphatic rings. The third-order valence-corrected chi connectivity index (χ3v) is 3.02. The Labute approximate surface area is 157 Å². The van der Waals surface area contributed by atoms with Crippen molar-refractivity contribution in [1.29, 1.82) is 0 Å². The van der Waals surface area contributed by atoms with Crippen LogP contribution in [0.5, 0.6) is 0 Å². The van der Waals surface area contributed by atoms with Gasteiger partial charge in [0.25, 0.3) is 0 Å². The van der Waals surface area contributed by atoms with Crippen LogP contribution in [0.2, 0.25) is 0 Å². The fraction of sp³-hybridized carbons (Fsp3) is 1.00. The second-order valence-corrected chi connectivity index (χ2v) is 4.98. The molecule has 0 heterocycles. The van der Waals surface area contributed by atoms with Gasteiger partial charge in [0, 0.05) is 56.6 Å². The first-order valence-electron chi connectivity index (χ1n) is 8.05. The zero-order chi connectivity index (χ0) is 13.9. The van der Waals surface area contributed by atoms with Crippen molar-refractivity contribution in [2.45, 2.75) is 90.9 Å². The molecule has 0 saturated carbocycles. The standard InChI is InChI=1S/2C8H18O.2Ti/c2*1-2-3-4-5-6-7-8-9;;/h2*9H,2-8H2,1H3;;. The molecule has 0 aliphatic carbocycles. The Balaban J connectivity index is -0.000000116. The predicted molar refractivity (Wildman–Crippen MR) is 80.9 cm³/mol. The summed E-state index contributed by atoms with van der Waals surface area (Å²) in [4.78, 5) is 0. The Kier molecular flexibility index (Phi) is 47.5. The van der Waals surface area contributed by atoms with E-state index < -0.39 is 0 Å². The predicted octanol–water partition coefficient (Wildman–Crippen LogP) is 4.67. The van der Waals surface area contributed by atoms with Crippen LogP contribution in [0.25, 0.3) is 0 Å². The number of rotatable bonds is 12. The molecule has 0 fully saturated rings. The van der Waals surface area contributed by atoms with Crippen molar-refractivity contribution < 1.29 is 53.6 Å². The van der Waals surface area contributed by atoms with Gasteiger partial charge in [-0.3, -0.25) is 0 Å². The summed E-state index contributed by atoms with van der Waals surface area (Å²) < 4.78 is 0. The van der Waals surface area contributed by atoms with Crippen molar-refractivity contribution in [2.24, 2.45) is 0 Å². The van der Waals surface area contributed by atoms with E-state index in [1.807, 2.05) is 0 Å². The zero-order valence-electron chi connectivity index (χ0n) is 13.8. The fourth-order valence-electron chi connectivity index (χ4n) is 1.78. The molecule has 0 bridgehead atoms. The molecule has 2 nitrogen and oxygen atoms in total. The number of hydrogen-bond acceptors (Lipinski definition) is 2. The van der Waals surface area contributed by atoms with Crippen LogP contribution in [0.3, 0.4) is 0 Å². The third kappa shape index (κ3) is 36.6. The molecule has 20 heavy (non-hydrogen) atoms. The minimum absolute atomic E-state index is 0. The van der Waals surface area contributed by atoms with Gasteiger partial charge in [-0.2, -0.15) is 0 Å². The van der Waals surface area contributed by atoms with Crippen LogP contribution in [0.15, 0.2) is 0 Å². The molecule has 0 aromatic carbocycles. The summed E-state index contributed by atoms with van der Waals surface area (Å²) in [6.07, 6.45) is 15.0. The van der Waals surface area contributed by atoms with Crippen molar-refractivity contribution in [3.63, 3.8) is 0 Å². The molecule has 0 saturated heterocycles. The molecule has 2 N–H and O–H groups in total. The molecule has 0 amide bonds. The van der Waals surface area contributed by atoms with Crippen molar-refractivity contribution in [1.82, 2.24) is 0 Å². The van der Waals surface area contributed by atoms with Crippen LogP contribution in [-0.2, 0) is 43.4 Å². The number of hydrogen-bond donors (Lipinski definition) is 2. The van der Waals surface area contributed by atoms with Crippen LogP contribution in [-0.4, -0.2) is 23.4 Å². The summed E-state index contributed by atoms with van der Waals surface area (Å²) in [6.45, 7) is 5.16. The molecule has 0 rings (SSSR count).